The Bertz CT molecular complexity index is 766. The monoisotopic (exact) mass is 382 g/mol. The molecule has 0 spiro atoms. The van der Waals surface area contributed by atoms with E-state index in [-0.39, 0.29) is 5.41 Å². The minimum atomic E-state index is -0.375. The van der Waals surface area contributed by atoms with Gasteiger partial charge in [-0.05, 0) is 49.3 Å². The second kappa shape index (κ2) is 8.33. The van der Waals surface area contributed by atoms with E-state index in [9.17, 15) is 4.79 Å². The van der Waals surface area contributed by atoms with Crippen LogP contribution in [0.2, 0.25) is 0 Å². The van der Waals surface area contributed by atoms with E-state index in [1.165, 1.54) is 6.42 Å². The van der Waals surface area contributed by atoms with Gasteiger partial charge in [-0.15, -0.1) is 0 Å². The van der Waals surface area contributed by atoms with E-state index in [2.05, 4.69) is 27.1 Å². The molecule has 6 nitrogen and oxygen atoms in total. The lowest BCUT2D eigenvalue weighted by Crippen LogP contribution is -2.51. The van der Waals surface area contributed by atoms with Crippen LogP contribution in [0.3, 0.4) is 0 Å². The highest BCUT2D eigenvalue weighted by Gasteiger charge is 2.44. The Morgan fingerprint density at radius 2 is 1.96 bits per heavy atom. The second-order valence-electron chi connectivity index (χ2n) is 8.25. The fourth-order valence-corrected chi connectivity index (χ4v) is 4.98. The molecular formula is C22H30N4O2. The SMILES string of the molecule is COc1ccc(C2(C(=O)N3CCCC(Cn4cncn4)C3)CCCCC2)cc1. The number of hydrogen-bond donors (Lipinski definition) is 0. The van der Waals surface area contributed by atoms with Crippen molar-refractivity contribution in [3.05, 3.63) is 42.5 Å². The number of nitrogens with zero attached hydrogens (tertiary/aromatic N) is 4. The Hall–Kier alpha value is -2.37. The first-order valence-corrected chi connectivity index (χ1v) is 10.5. The van der Waals surface area contributed by atoms with Crippen molar-refractivity contribution < 1.29 is 9.53 Å². The summed E-state index contributed by atoms with van der Waals surface area (Å²) in [5.41, 5.74) is 0.774. The summed E-state index contributed by atoms with van der Waals surface area (Å²) in [5.74, 6) is 1.60. The van der Waals surface area contributed by atoms with Crippen LogP contribution in [0.25, 0.3) is 0 Å². The van der Waals surface area contributed by atoms with Gasteiger partial charge >= 0.3 is 0 Å². The lowest BCUT2D eigenvalue weighted by atomic mass is 9.68. The Kier molecular flexibility index (Phi) is 5.64. The molecule has 2 aromatic rings. The van der Waals surface area contributed by atoms with Crippen LogP contribution >= 0.6 is 0 Å². The number of carbonyl (C=O) groups is 1. The van der Waals surface area contributed by atoms with E-state index in [1.54, 1.807) is 19.8 Å². The summed E-state index contributed by atoms with van der Waals surface area (Å²) in [4.78, 5) is 20.0. The Labute approximate surface area is 166 Å². The molecule has 1 saturated heterocycles. The summed E-state index contributed by atoms with van der Waals surface area (Å²) in [5, 5.41) is 4.24. The molecule has 1 aliphatic heterocycles. The van der Waals surface area contributed by atoms with Gasteiger partial charge in [-0.1, -0.05) is 31.4 Å². The zero-order valence-electron chi connectivity index (χ0n) is 16.7. The first-order chi connectivity index (χ1) is 13.7. The Balaban J connectivity index is 1.54. The maximum Gasteiger partial charge on any atom is 0.233 e. The van der Waals surface area contributed by atoms with Gasteiger partial charge in [0.25, 0.3) is 0 Å². The summed E-state index contributed by atoms with van der Waals surface area (Å²) < 4.78 is 7.21. The molecule has 150 valence electrons. The maximum atomic E-state index is 13.8. The van der Waals surface area contributed by atoms with Gasteiger partial charge in [-0.25, -0.2) is 4.98 Å². The number of piperidine rings is 1. The molecule has 0 N–H and O–H groups in total. The molecule has 1 amide bonds. The highest BCUT2D eigenvalue weighted by molar-refractivity contribution is 5.88. The van der Waals surface area contributed by atoms with Gasteiger partial charge in [-0.2, -0.15) is 5.10 Å². The van der Waals surface area contributed by atoms with Gasteiger partial charge in [0, 0.05) is 19.6 Å². The average Bonchev–Trinajstić information content (AvgIpc) is 3.27. The molecule has 28 heavy (non-hydrogen) atoms. The molecule has 1 atom stereocenters. The molecule has 2 heterocycles. The van der Waals surface area contributed by atoms with Gasteiger partial charge in [0.1, 0.15) is 18.4 Å². The molecule has 1 unspecified atom stereocenters. The predicted octanol–water partition coefficient (Wildman–Crippen LogP) is 3.43. The molecule has 4 rings (SSSR count). The first kappa shape index (κ1) is 19.0. The fraction of sp³-hybridized carbons (Fsp3) is 0.591. The number of likely N-dealkylation sites (tertiary alicyclic amines) is 1. The zero-order valence-corrected chi connectivity index (χ0v) is 16.7. The van der Waals surface area contributed by atoms with E-state index >= 15 is 0 Å². The van der Waals surface area contributed by atoms with Crippen molar-refractivity contribution in [3.8, 4) is 5.75 Å². The molecule has 1 aromatic carbocycles. The summed E-state index contributed by atoms with van der Waals surface area (Å²) in [7, 11) is 1.68. The van der Waals surface area contributed by atoms with Crippen LogP contribution < -0.4 is 4.74 Å². The Morgan fingerprint density at radius 3 is 2.64 bits per heavy atom. The number of benzene rings is 1. The van der Waals surface area contributed by atoms with E-state index < -0.39 is 0 Å². The average molecular weight is 383 g/mol. The number of amides is 1. The number of aromatic nitrogens is 3. The van der Waals surface area contributed by atoms with Gasteiger partial charge < -0.3 is 9.64 Å². The summed E-state index contributed by atoms with van der Waals surface area (Å²) in [6.07, 6.45) is 10.9. The fourth-order valence-electron chi connectivity index (χ4n) is 4.98. The lowest BCUT2D eigenvalue weighted by molar-refractivity contribution is -0.141. The minimum absolute atomic E-state index is 0.320. The van der Waals surface area contributed by atoms with Crippen molar-refractivity contribution in [2.45, 2.75) is 56.9 Å². The van der Waals surface area contributed by atoms with Crippen molar-refractivity contribution in [2.75, 3.05) is 20.2 Å². The van der Waals surface area contributed by atoms with E-state index in [4.69, 9.17) is 4.74 Å². The molecule has 1 aliphatic carbocycles. The molecule has 1 saturated carbocycles. The minimum Gasteiger partial charge on any atom is -0.497 e. The van der Waals surface area contributed by atoms with Crippen molar-refractivity contribution in [1.82, 2.24) is 19.7 Å². The van der Waals surface area contributed by atoms with Crippen LogP contribution in [-0.4, -0.2) is 45.8 Å². The zero-order chi connectivity index (χ0) is 19.4. The third kappa shape index (κ3) is 3.77. The molecule has 2 aliphatic rings. The van der Waals surface area contributed by atoms with Gasteiger partial charge in [0.2, 0.25) is 5.91 Å². The normalized spacial score (nSPS) is 22.0. The topological polar surface area (TPSA) is 60.2 Å². The van der Waals surface area contributed by atoms with Crippen LogP contribution in [0.4, 0.5) is 0 Å². The molecule has 6 heteroatoms. The van der Waals surface area contributed by atoms with E-state index in [0.717, 1.165) is 69.5 Å². The highest BCUT2D eigenvalue weighted by atomic mass is 16.5. The van der Waals surface area contributed by atoms with Crippen LogP contribution in [0, 0.1) is 5.92 Å². The van der Waals surface area contributed by atoms with Crippen LogP contribution in [0.1, 0.15) is 50.5 Å². The molecule has 1 aromatic heterocycles. The van der Waals surface area contributed by atoms with Crippen molar-refractivity contribution >= 4 is 5.91 Å². The summed E-state index contributed by atoms with van der Waals surface area (Å²) in [6.45, 7) is 2.51. The highest BCUT2D eigenvalue weighted by Crippen LogP contribution is 2.42. The summed E-state index contributed by atoms with van der Waals surface area (Å²) >= 11 is 0. The molecule has 0 bridgehead atoms. The van der Waals surface area contributed by atoms with Gasteiger partial charge in [0.05, 0.1) is 12.5 Å². The number of hydrogen-bond acceptors (Lipinski definition) is 4. The predicted molar refractivity (Wildman–Crippen MR) is 107 cm³/mol. The first-order valence-electron chi connectivity index (χ1n) is 10.5. The molecular weight excluding hydrogens is 352 g/mol. The van der Waals surface area contributed by atoms with Crippen molar-refractivity contribution in [3.63, 3.8) is 0 Å². The third-order valence-electron chi connectivity index (χ3n) is 6.48. The molecule has 2 fully saturated rings. The van der Waals surface area contributed by atoms with Crippen LogP contribution in [0.15, 0.2) is 36.9 Å². The third-order valence-corrected chi connectivity index (χ3v) is 6.48. The van der Waals surface area contributed by atoms with Gasteiger partial charge in [0.15, 0.2) is 0 Å². The van der Waals surface area contributed by atoms with Gasteiger partial charge in [-0.3, -0.25) is 9.48 Å². The second-order valence-corrected chi connectivity index (χ2v) is 8.25. The van der Waals surface area contributed by atoms with E-state index in [1.807, 2.05) is 16.8 Å². The number of carbonyl (C=O) groups excluding carboxylic acids is 1. The standard InChI is InChI=1S/C22H30N4O2/c1-28-20-9-7-19(8-10-20)22(11-3-2-4-12-22)21(27)25-13-5-6-18(14-25)15-26-17-23-16-24-26/h7-10,16-18H,2-6,11-15H2,1H3. The Morgan fingerprint density at radius 1 is 1.18 bits per heavy atom. The number of ether oxygens (including phenoxy) is 1. The largest absolute Gasteiger partial charge is 0.497 e. The van der Waals surface area contributed by atoms with Crippen LogP contribution in [0.5, 0.6) is 5.75 Å². The van der Waals surface area contributed by atoms with Crippen LogP contribution in [-0.2, 0) is 16.8 Å². The lowest BCUT2D eigenvalue weighted by Gasteiger charge is -2.43. The number of methoxy groups -OCH3 is 1. The smallest absolute Gasteiger partial charge is 0.233 e. The number of rotatable bonds is 5. The summed E-state index contributed by atoms with van der Waals surface area (Å²) in [6, 6.07) is 8.17. The quantitative estimate of drug-likeness (QED) is 0.795. The van der Waals surface area contributed by atoms with E-state index in [0.29, 0.717) is 11.8 Å². The van der Waals surface area contributed by atoms with Crippen molar-refractivity contribution in [2.24, 2.45) is 5.92 Å². The molecule has 0 radical (unpaired) electrons. The van der Waals surface area contributed by atoms with Crippen molar-refractivity contribution in [1.29, 1.82) is 0 Å². The maximum absolute atomic E-state index is 13.8.